The number of ether oxygens (including phenoxy) is 2. The lowest BCUT2D eigenvalue weighted by atomic mass is 9.94. The number of benzene rings is 2. The summed E-state index contributed by atoms with van der Waals surface area (Å²) in [5, 5.41) is 3.55. The Morgan fingerprint density at radius 1 is 1.07 bits per heavy atom. The van der Waals surface area contributed by atoms with Gasteiger partial charge in [-0.05, 0) is 84.2 Å². The standard InChI is InChI=1S/C27H27FN4O4.C6H6BrN/c1-27(2,16-12-23(35-3)25(29-15-16)32-8-10-36-11-9-32)31-26(34)18-14-22-19(13-20(18)28)24(33)17-6-4-5-7-21(17)30-22;1-5-3-2-4-8-6(5)7/h4-7,12-15H,8-11H2,1-3H3,(H,30,33)(H,31,34);2-4H,1H3. The fraction of sp³-hybridized carbons (Fsp3) is 0.273. The maximum absolute atomic E-state index is 15.0. The molecule has 4 heterocycles. The first-order chi connectivity index (χ1) is 21.1. The summed E-state index contributed by atoms with van der Waals surface area (Å²) in [7, 11) is 1.57. The van der Waals surface area contributed by atoms with Gasteiger partial charge in [0.15, 0.2) is 17.0 Å². The van der Waals surface area contributed by atoms with Gasteiger partial charge >= 0.3 is 0 Å². The van der Waals surface area contributed by atoms with E-state index >= 15 is 4.39 Å². The summed E-state index contributed by atoms with van der Waals surface area (Å²) in [5.41, 5.74) is 1.54. The Balaban J connectivity index is 0.000000418. The lowest BCUT2D eigenvalue weighted by molar-refractivity contribution is 0.0907. The summed E-state index contributed by atoms with van der Waals surface area (Å²) in [5.74, 6) is -0.0823. The molecule has 1 aliphatic heterocycles. The number of hydrogen-bond donors (Lipinski definition) is 2. The zero-order valence-corrected chi connectivity index (χ0v) is 26.5. The van der Waals surface area contributed by atoms with Gasteiger partial charge in [-0.1, -0.05) is 18.2 Å². The Kier molecular flexibility index (Phi) is 9.26. The van der Waals surface area contributed by atoms with Gasteiger partial charge in [-0.25, -0.2) is 14.4 Å². The smallest absolute Gasteiger partial charge is 0.255 e. The van der Waals surface area contributed by atoms with E-state index in [-0.39, 0.29) is 16.4 Å². The summed E-state index contributed by atoms with van der Waals surface area (Å²) in [4.78, 5) is 39.8. The number of carbonyl (C=O) groups excluding carboxylic acids is 1. The maximum atomic E-state index is 15.0. The first kappa shape index (κ1) is 31.1. The Bertz CT molecular complexity index is 1870. The number of rotatable bonds is 5. The monoisotopic (exact) mass is 661 g/mol. The zero-order chi connectivity index (χ0) is 31.4. The Morgan fingerprint density at radius 2 is 1.82 bits per heavy atom. The second-order valence-corrected chi connectivity index (χ2v) is 11.7. The van der Waals surface area contributed by atoms with Crippen LogP contribution in [0.4, 0.5) is 10.2 Å². The Hall–Kier alpha value is -4.35. The van der Waals surface area contributed by atoms with Crippen molar-refractivity contribution < 1.29 is 18.7 Å². The molecule has 228 valence electrons. The van der Waals surface area contributed by atoms with Crippen molar-refractivity contribution in [3.05, 3.63) is 104 Å². The van der Waals surface area contributed by atoms with E-state index in [1.54, 1.807) is 43.8 Å². The molecule has 2 aromatic carbocycles. The largest absolute Gasteiger partial charge is 0.493 e. The van der Waals surface area contributed by atoms with Crippen molar-refractivity contribution in [2.45, 2.75) is 26.3 Å². The number of morpholine rings is 1. The van der Waals surface area contributed by atoms with Crippen molar-refractivity contribution >= 4 is 49.5 Å². The van der Waals surface area contributed by atoms with Gasteiger partial charge in [0.25, 0.3) is 5.91 Å². The van der Waals surface area contributed by atoms with Crippen molar-refractivity contribution in [2.75, 3.05) is 38.3 Å². The van der Waals surface area contributed by atoms with Crippen molar-refractivity contribution in [1.82, 2.24) is 20.3 Å². The van der Waals surface area contributed by atoms with Crippen LogP contribution in [-0.4, -0.2) is 54.3 Å². The van der Waals surface area contributed by atoms with Crippen molar-refractivity contribution in [1.29, 1.82) is 0 Å². The summed E-state index contributed by atoms with van der Waals surface area (Å²) >= 11 is 3.28. The fourth-order valence-corrected chi connectivity index (χ4v) is 5.20. The fourth-order valence-electron chi connectivity index (χ4n) is 4.95. The minimum absolute atomic E-state index is 0.161. The van der Waals surface area contributed by atoms with Crippen LogP contribution in [-0.2, 0) is 10.3 Å². The number of nitrogens with one attached hydrogen (secondary N) is 2. The first-order valence-electron chi connectivity index (χ1n) is 14.1. The van der Waals surface area contributed by atoms with Crippen LogP contribution in [0.2, 0.25) is 0 Å². The summed E-state index contributed by atoms with van der Waals surface area (Å²) in [6.45, 7) is 8.28. The van der Waals surface area contributed by atoms with Crippen molar-refractivity contribution in [2.24, 2.45) is 0 Å². The number of hydrogen-bond acceptors (Lipinski definition) is 7. The number of carbonyl (C=O) groups is 1. The van der Waals surface area contributed by atoms with E-state index in [0.717, 1.165) is 10.7 Å². The number of aromatic nitrogens is 3. The van der Waals surface area contributed by atoms with Gasteiger partial charge < -0.3 is 24.7 Å². The van der Waals surface area contributed by atoms with Crippen LogP contribution in [0.3, 0.4) is 0 Å². The highest BCUT2D eigenvalue weighted by Crippen LogP contribution is 2.32. The molecule has 0 radical (unpaired) electrons. The summed E-state index contributed by atoms with van der Waals surface area (Å²) in [6.07, 6.45) is 3.45. The highest BCUT2D eigenvalue weighted by molar-refractivity contribution is 9.10. The van der Waals surface area contributed by atoms with E-state index in [2.05, 4.69) is 41.1 Å². The Labute approximate surface area is 262 Å². The topological polar surface area (TPSA) is 109 Å². The molecule has 0 atom stereocenters. The summed E-state index contributed by atoms with van der Waals surface area (Å²) < 4.78 is 27.0. The average molecular weight is 663 g/mol. The van der Waals surface area contributed by atoms with E-state index in [4.69, 9.17) is 9.47 Å². The predicted molar refractivity (Wildman–Crippen MR) is 173 cm³/mol. The van der Waals surface area contributed by atoms with Crippen molar-refractivity contribution in [3.8, 4) is 5.75 Å². The van der Waals surface area contributed by atoms with Gasteiger partial charge in [-0.15, -0.1) is 0 Å². The van der Waals surface area contributed by atoms with Gasteiger partial charge in [-0.2, -0.15) is 0 Å². The number of amides is 1. The number of anilines is 1. The number of pyridine rings is 3. The number of aromatic amines is 1. The highest BCUT2D eigenvalue weighted by Gasteiger charge is 2.28. The van der Waals surface area contributed by atoms with E-state index in [0.29, 0.717) is 59.9 Å². The molecular formula is C33H33BrFN5O4. The molecule has 1 fully saturated rings. The maximum Gasteiger partial charge on any atom is 0.255 e. The first-order valence-corrected chi connectivity index (χ1v) is 14.9. The number of nitrogens with zero attached hydrogens (tertiary/aromatic N) is 3. The number of para-hydroxylation sites is 1. The highest BCUT2D eigenvalue weighted by atomic mass is 79.9. The predicted octanol–water partition coefficient (Wildman–Crippen LogP) is 5.88. The lowest BCUT2D eigenvalue weighted by Crippen LogP contribution is -2.41. The molecule has 0 saturated carbocycles. The van der Waals surface area contributed by atoms with Crippen LogP contribution in [0.15, 0.2) is 76.4 Å². The van der Waals surface area contributed by atoms with Crippen LogP contribution in [0.25, 0.3) is 21.8 Å². The molecule has 1 amide bonds. The van der Waals surface area contributed by atoms with E-state index in [1.807, 2.05) is 39.0 Å². The number of fused-ring (bicyclic) bond motifs is 2. The number of H-pyrrole nitrogens is 1. The Morgan fingerprint density at radius 3 is 2.50 bits per heavy atom. The van der Waals surface area contributed by atoms with E-state index in [9.17, 15) is 9.59 Å². The molecule has 0 unspecified atom stereocenters. The molecule has 6 rings (SSSR count). The minimum Gasteiger partial charge on any atom is -0.493 e. The van der Waals surface area contributed by atoms with Crippen LogP contribution < -0.4 is 20.4 Å². The van der Waals surface area contributed by atoms with Crippen LogP contribution in [0, 0.1) is 12.7 Å². The molecule has 2 N–H and O–H groups in total. The molecule has 44 heavy (non-hydrogen) atoms. The average Bonchev–Trinajstić information content (AvgIpc) is 3.03. The second kappa shape index (κ2) is 13.1. The normalized spacial score (nSPS) is 13.4. The zero-order valence-electron chi connectivity index (χ0n) is 24.9. The lowest BCUT2D eigenvalue weighted by Gasteiger charge is -2.31. The number of methoxy groups -OCH3 is 1. The van der Waals surface area contributed by atoms with Crippen LogP contribution in [0.1, 0.15) is 35.3 Å². The molecule has 9 nitrogen and oxygen atoms in total. The van der Waals surface area contributed by atoms with Gasteiger partial charge in [0.2, 0.25) is 0 Å². The number of aryl methyl sites for hydroxylation is 1. The van der Waals surface area contributed by atoms with Gasteiger partial charge in [0.05, 0.1) is 36.9 Å². The number of halogens is 2. The molecule has 0 aliphatic carbocycles. The minimum atomic E-state index is -0.890. The van der Waals surface area contributed by atoms with Gasteiger partial charge in [-0.3, -0.25) is 9.59 Å². The molecule has 5 aromatic rings. The molecular weight excluding hydrogens is 629 g/mol. The van der Waals surface area contributed by atoms with Gasteiger partial charge in [0, 0.05) is 41.8 Å². The quantitative estimate of drug-likeness (QED) is 0.179. The molecule has 1 saturated heterocycles. The molecule has 3 aromatic heterocycles. The van der Waals surface area contributed by atoms with E-state index < -0.39 is 17.3 Å². The van der Waals surface area contributed by atoms with Gasteiger partial charge in [0.1, 0.15) is 10.4 Å². The molecule has 0 spiro atoms. The van der Waals surface area contributed by atoms with Crippen LogP contribution in [0.5, 0.6) is 5.75 Å². The third kappa shape index (κ3) is 6.58. The SMILES string of the molecule is COc1cc(C(C)(C)NC(=O)c2cc3[nH]c4ccccc4c(=O)c3cc2F)cnc1N1CCOCC1.Cc1cccnc1Br. The molecule has 1 aliphatic rings. The third-order valence-corrected chi connectivity index (χ3v) is 8.32. The summed E-state index contributed by atoms with van der Waals surface area (Å²) in [6, 6.07) is 15.3. The van der Waals surface area contributed by atoms with E-state index in [1.165, 1.54) is 11.6 Å². The van der Waals surface area contributed by atoms with Crippen molar-refractivity contribution in [3.63, 3.8) is 0 Å². The molecule has 11 heteroatoms. The van der Waals surface area contributed by atoms with Crippen LogP contribution >= 0.6 is 15.9 Å². The third-order valence-electron chi connectivity index (χ3n) is 7.49. The molecule has 0 bridgehead atoms. The second-order valence-electron chi connectivity index (χ2n) is 10.9.